The van der Waals surface area contributed by atoms with Crippen molar-refractivity contribution in [1.82, 2.24) is 9.13 Å². The Labute approximate surface area is 448 Å². The summed E-state index contributed by atoms with van der Waals surface area (Å²) in [6, 6.07) is 81.1. The van der Waals surface area contributed by atoms with Crippen molar-refractivity contribution in [2.24, 2.45) is 0 Å². The highest BCUT2D eigenvalue weighted by molar-refractivity contribution is 6.35. The Hall–Kier alpha value is -9.64. The van der Waals surface area contributed by atoms with Crippen molar-refractivity contribution in [3.05, 3.63) is 241 Å². The van der Waals surface area contributed by atoms with Crippen LogP contribution in [0, 0.1) is 0 Å². The fourth-order valence-corrected chi connectivity index (χ4v) is 14.9. The van der Waals surface area contributed by atoms with Gasteiger partial charge in [-0.25, -0.2) is 0 Å². The maximum atomic E-state index is 7.20. The highest BCUT2D eigenvalue weighted by Gasteiger charge is 2.37. The molecule has 0 spiro atoms. The van der Waals surface area contributed by atoms with Crippen LogP contribution in [0.4, 0.5) is 0 Å². The van der Waals surface area contributed by atoms with Gasteiger partial charge in [-0.05, 0) is 132 Å². The first-order chi connectivity index (χ1) is 38.2. The molecule has 0 atom stereocenters. The van der Waals surface area contributed by atoms with Crippen LogP contribution in [0.3, 0.4) is 0 Å². The van der Waals surface area contributed by atoms with Gasteiger partial charge in [0, 0.05) is 65.3 Å². The average Bonchev–Trinajstić information content (AvgIpc) is 4.50. The Morgan fingerprint density at radius 1 is 0.295 bits per heavy atom. The fourth-order valence-electron chi connectivity index (χ4n) is 14.9. The molecular formula is C74H48N2O2. The topological polar surface area (TPSA) is 36.1 Å². The van der Waals surface area contributed by atoms with Crippen LogP contribution in [0.25, 0.3) is 154 Å². The minimum atomic E-state index is -0.149. The van der Waals surface area contributed by atoms with Crippen molar-refractivity contribution in [3.63, 3.8) is 0 Å². The van der Waals surface area contributed by atoms with E-state index in [1.54, 1.807) is 0 Å². The molecule has 0 aliphatic heterocycles. The maximum Gasteiger partial charge on any atom is 0.160 e. The molecule has 78 heavy (non-hydrogen) atoms. The quantitative estimate of drug-likeness (QED) is 0.177. The molecule has 4 heterocycles. The number of rotatable bonds is 3. The van der Waals surface area contributed by atoms with E-state index >= 15 is 0 Å². The van der Waals surface area contributed by atoms with Crippen molar-refractivity contribution in [2.75, 3.05) is 0 Å². The van der Waals surface area contributed by atoms with Gasteiger partial charge in [-0.1, -0.05) is 185 Å². The van der Waals surface area contributed by atoms with Crippen molar-refractivity contribution in [2.45, 2.75) is 38.5 Å². The molecule has 4 nitrogen and oxygen atoms in total. The van der Waals surface area contributed by atoms with Crippen molar-refractivity contribution in [1.29, 1.82) is 0 Å². The van der Waals surface area contributed by atoms with E-state index in [2.05, 4.69) is 255 Å². The Kier molecular flexibility index (Phi) is 7.99. The summed E-state index contributed by atoms with van der Waals surface area (Å²) in [7, 11) is 0. The second-order valence-electron chi connectivity index (χ2n) is 23.1. The summed E-state index contributed by atoms with van der Waals surface area (Å²) < 4.78 is 19.1. The highest BCUT2D eigenvalue weighted by atomic mass is 16.3. The van der Waals surface area contributed by atoms with Gasteiger partial charge in [-0.3, -0.25) is 0 Å². The Morgan fingerprint density at radius 2 is 0.833 bits per heavy atom. The van der Waals surface area contributed by atoms with Gasteiger partial charge < -0.3 is 18.0 Å². The molecule has 0 N–H and O–H groups in total. The lowest BCUT2D eigenvalue weighted by atomic mass is 9.82. The van der Waals surface area contributed by atoms with Crippen LogP contribution in [0.5, 0.6) is 0 Å². The van der Waals surface area contributed by atoms with Crippen LogP contribution in [0.2, 0.25) is 0 Å². The second kappa shape index (κ2) is 14.6. The maximum absolute atomic E-state index is 7.20. The minimum absolute atomic E-state index is 0.127. The summed E-state index contributed by atoms with van der Waals surface area (Å²) in [4.78, 5) is 0. The second-order valence-corrected chi connectivity index (χ2v) is 23.1. The van der Waals surface area contributed by atoms with Crippen LogP contribution < -0.4 is 0 Å². The standard InChI is InChI=1S/C74H48N2O2/c1-73(2)58-24-11-7-16-46(58)48-31-29-42(39-60(48)73)75-62-26-13-9-21-55(62)68-69(75)53-20-6-5-19-52(53)67-57-38-41(28-37-65(57)78-72(67)68)44-22-15-23-51-45(44)35-36-63-66(51)56-34-33-54-50-18-10-14-27-64(50)77-71(54)70(56)76(63)43-30-32-49-47-17-8-12-25-59(47)74(3,4)61(49)40-43/h5-40H,1-4H3. The summed E-state index contributed by atoms with van der Waals surface area (Å²) in [6.07, 6.45) is 0. The monoisotopic (exact) mass is 996 g/mol. The lowest BCUT2D eigenvalue weighted by Crippen LogP contribution is -2.15. The average molecular weight is 997 g/mol. The van der Waals surface area contributed by atoms with Crippen molar-refractivity contribution in [3.8, 4) is 44.8 Å². The van der Waals surface area contributed by atoms with E-state index in [-0.39, 0.29) is 10.8 Å². The fraction of sp³-hybridized carbons (Fsp3) is 0.0811. The molecule has 16 aromatic rings. The zero-order chi connectivity index (χ0) is 51.5. The normalized spacial score (nSPS) is 14.4. The number of para-hydroxylation sites is 2. The Bertz CT molecular complexity index is 5400. The minimum Gasteiger partial charge on any atom is -0.455 e. The third-order valence-corrected chi connectivity index (χ3v) is 18.5. The van der Waals surface area contributed by atoms with Gasteiger partial charge >= 0.3 is 0 Å². The molecule has 0 saturated carbocycles. The van der Waals surface area contributed by atoms with Crippen LogP contribution in [-0.2, 0) is 10.8 Å². The first-order valence-electron chi connectivity index (χ1n) is 27.3. The van der Waals surface area contributed by atoms with E-state index < -0.39 is 0 Å². The zero-order valence-electron chi connectivity index (χ0n) is 43.5. The number of nitrogens with zero attached hydrogens (tertiary/aromatic N) is 2. The largest absolute Gasteiger partial charge is 0.455 e. The molecule has 18 rings (SSSR count). The number of hydrogen-bond donors (Lipinski definition) is 0. The summed E-state index contributed by atoms with van der Waals surface area (Å²) >= 11 is 0. The summed E-state index contributed by atoms with van der Waals surface area (Å²) in [5.74, 6) is 0. The van der Waals surface area contributed by atoms with Gasteiger partial charge in [0.25, 0.3) is 0 Å². The molecule has 2 aliphatic rings. The summed E-state index contributed by atoms with van der Waals surface area (Å²) in [5, 5.41) is 14.0. The SMILES string of the molecule is CC1(C)c2ccccc2-c2ccc(-n3c4ccc5c(-c6ccc7oc8c(c7c6)c6ccccc6c6c8c7ccccc7n6-c6ccc7c(c6)C(C)(C)c6ccccc6-7)cccc5c4c4ccc5c6ccccc6oc5c43)cc21. The highest BCUT2D eigenvalue weighted by Crippen LogP contribution is 2.53. The number of benzene rings is 12. The number of fused-ring (bicyclic) bond motifs is 25. The van der Waals surface area contributed by atoms with Gasteiger partial charge in [-0.2, -0.15) is 0 Å². The predicted octanol–water partition coefficient (Wildman–Crippen LogP) is 20.3. The van der Waals surface area contributed by atoms with E-state index in [1.807, 2.05) is 0 Å². The Balaban J connectivity index is 0.863. The molecule has 4 heteroatoms. The molecule has 0 bridgehead atoms. The van der Waals surface area contributed by atoms with Gasteiger partial charge in [-0.15, -0.1) is 0 Å². The van der Waals surface area contributed by atoms with Crippen LogP contribution in [-0.4, -0.2) is 9.13 Å². The van der Waals surface area contributed by atoms with Crippen LogP contribution in [0.15, 0.2) is 227 Å². The van der Waals surface area contributed by atoms with E-state index in [4.69, 9.17) is 8.83 Å². The molecule has 0 amide bonds. The van der Waals surface area contributed by atoms with Gasteiger partial charge in [0.2, 0.25) is 0 Å². The number of aromatic nitrogens is 2. The smallest absolute Gasteiger partial charge is 0.160 e. The van der Waals surface area contributed by atoms with E-state index in [0.29, 0.717) is 0 Å². The molecule has 366 valence electrons. The summed E-state index contributed by atoms with van der Waals surface area (Å²) in [6.45, 7) is 9.45. The van der Waals surface area contributed by atoms with Crippen LogP contribution in [0.1, 0.15) is 49.9 Å². The molecule has 12 aromatic carbocycles. The lowest BCUT2D eigenvalue weighted by Gasteiger charge is -2.22. The van der Waals surface area contributed by atoms with E-state index in [9.17, 15) is 0 Å². The first kappa shape index (κ1) is 42.6. The lowest BCUT2D eigenvalue weighted by molar-refractivity contribution is 0.659. The molecule has 0 radical (unpaired) electrons. The molecule has 0 unspecified atom stereocenters. The van der Waals surface area contributed by atoms with Crippen LogP contribution >= 0.6 is 0 Å². The van der Waals surface area contributed by atoms with Crippen molar-refractivity contribution < 1.29 is 8.83 Å². The Morgan fingerprint density at radius 3 is 1.58 bits per heavy atom. The van der Waals surface area contributed by atoms with Gasteiger partial charge in [0.1, 0.15) is 16.7 Å². The summed E-state index contributed by atoms with van der Waals surface area (Å²) in [5.41, 5.74) is 23.2. The first-order valence-corrected chi connectivity index (χ1v) is 27.3. The molecular weight excluding hydrogens is 949 g/mol. The number of hydrogen-bond acceptors (Lipinski definition) is 2. The predicted molar refractivity (Wildman–Crippen MR) is 325 cm³/mol. The zero-order valence-corrected chi connectivity index (χ0v) is 43.5. The third kappa shape index (κ3) is 5.25. The molecule has 4 aromatic heterocycles. The van der Waals surface area contributed by atoms with E-state index in [1.165, 1.54) is 87.8 Å². The van der Waals surface area contributed by atoms with Gasteiger partial charge in [0.15, 0.2) is 5.58 Å². The molecule has 0 saturated heterocycles. The van der Waals surface area contributed by atoms with Crippen molar-refractivity contribution >= 4 is 109 Å². The molecule has 0 fully saturated rings. The van der Waals surface area contributed by atoms with E-state index in [0.717, 1.165) is 88.3 Å². The number of furan rings is 2. The third-order valence-electron chi connectivity index (χ3n) is 18.5. The molecule has 2 aliphatic carbocycles. The van der Waals surface area contributed by atoms with Gasteiger partial charge in [0.05, 0.1) is 27.5 Å².